The summed E-state index contributed by atoms with van der Waals surface area (Å²) in [6.45, 7) is 4.34. The summed E-state index contributed by atoms with van der Waals surface area (Å²) in [5.41, 5.74) is 1.22. The summed E-state index contributed by atoms with van der Waals surface area (Å²) >= 11 is 4.91. The third kappa shape index (κ3) is 2.99. The third-order valence-corrected chi connectivity index (χ3v) is 8.18. The van der Waals surface area contributed by atoms with Gasteiger partial charge < -0.3 is 4.98 Å². The van der Waals surface area contributed by atoms with Crippen molar-refractivity contribution in [3.8, 4) is 0 Å². The minimum absolute atomic E-state index is 0.00171. The molecule has 27 heavy (non-hydrogen) atoms. The normalized spacial score (nSPS) is 18.1. The van der Waals surface area contributed by atoms with Crippen molar-refractivity contribution >= 4 is 54.9 Å². The molecule has 5 nitrogen and oxygen atoms in total. The van der Waals surface area contributed by atoms with Crippen molar-refractivity contribution in [3.05, 3.63) is 44.4 Å². The third-order valence-electron chi connectivity index (χ3n) is 5.08. The van der Waals surface area contributed by atoms with E-state index in [0.717, 1.165) is 44.7 Å². The number of H-pyrrole nitrogens is 1. The Kier molecular flexibility index (Phi) is 4.29. The van der Waals surface area contributed by atoms with Gasteiger partial charge in [0.25, 0.3) is 5.56 Å². The Hall–Kier alpha value is -1.77. The van der Waals surface area contributed by atoms with Gasteiger partial charge >= 0.3 is 0 Å². The van der Waals surface area contributed by atoms with Crippen LogP contribution in [0.4, 0.5) is 0 Å². The fourth-order valence-corrected chi connectivity index (χ4v) is 6.79. The van der Waals surface area contributed by atoms with Gasteiger partial charge in [0.05, 0.1) is 10.6 Å². The summed E-state index contributed by atoms with van der Waals surface area (Å²) < 4.78 is 0. The van der Waals surface area contributed by atoms with Crippen LogP contribution in [0, 0.1) is 5.92 Å². The second-order valence-corrected chi connectivity index (χ2v) is 10.4. The van der Waals surface area contributed by atoms with Crippen molar-refractivity contribution < 1.29 is 0 Å². The number of aryl methyl sites for hydroxylation is 1. The summed E-state index contributed by atoms with van der Waals surface area (Å²) in [6.07, 6.45) is 4.80. The molecule has 5 rings (SSSR count). The lowest BCUT2D eigenvalue weighted by Crippen LogP contribution is -2.15. The first-order valence-electron chi connectivity index (χ1n) is 8.99. The van der Waals surface area contributed by atoms with Gasteiger partial charge in [0.2, 0.25) is 0 Å². The highest BCUT2D eigenvalue weighted by molar-refractivity contribution is 7.99. The summed E-state index contributed by atoms with van der Waals surface area (Å²) in [4.78, 5) is 32.6. The Morgan fingerprint density at radius 1 is 1.33 bits per heavy atom. The largest absolute Gasteiger partial charge is 0.309 e. The first-order valence-corrected chi connectivity index (χ1v) is 11.6. The SMILES string of the molecule is C[C@@H]1CCc2c(sc3nc([C@H](C)Sc4ncnc5sccc45)[nH]c(=O)c23)C1. The van der Waals surface area contributed by atoms with Gasteiger partial charge in [-0.1, -0.05) is 18.7 Å². The van der Waals surface area contributed by atoms with E-state index in [9.17, 15) is 4.79 Å². The van der Waals surface area contributed by atoms with Crippen molar-refractivity contribution in [2.45, 2.75) is 43.4 Å². The van der Waals surface area contributed by atoms with Crippen LogP contribution in [0.5, 0.6) is 0 Å². The van der Waals surface area contributed by atoms with E-state index >= 15 is 0 Å². The summed E-state index contributed by atoms with van der Waals surface area (Å²) in [7, 11) is 0. The first-order chi connectivity index (χ1) is 13.1. The maximum atomic E-state index is 12.8. The molecule has 0 spiro atoms. The Labute approximate surface area is 168 Å². The number of hydrogen-bond donors (Lipinski definition) is 1. The van der Waals surface area contributed by atoms with Gasteiger partial charge in [-0.3, -0.25) is 4.79 Å². The Balaban J connectivity index is 1.53. The molecule has 0 aromatic carbocycles. The van der Waals surface area contributed by atoms with Crippen LogP contribution in [-0.2, 0) is 12.8 Å². The van der Waals surface area contributed by atoms with Gasteiger partial charge in [-0.25, -0.2) is 15.0 Å². The zero-order valence-electron chi connectivity index (χ0n) is 15.0. The quantitative estimate of drug-likeness (QED) is 0.379. The average molecular weight is 415 g/mol. The zero-order chi connectivity index (χ0) is 18.5. The van der Waals surface area contributed by atoms with E-state index < -0.39 is 0 Å². The molecule has 0 unspecified atom stereocenters. The van der Waals surface area contributed by atoms with Crippen LogP contribution in [0.2, 0.25) is 0 Å². The summed E-state index contributed by atoms with van der Waals surface area (Å²) in [5.74, 6) is 1.40. The second kappa shape index (κ2) is 6.68. The maximum Gasteiger partial charge on any atom is 0.259 e. The number of thiophene rings is 2. The standard InChI is InChI=1S/C19H18N4OS3/c1-9-3-4-11-13(7-9)27-19-14(11)16(24)22-15(23-19)10(2)26-18-12-5-6-25-17(12)20-8-21-18/h5-6,8-10H,3-4,7H2,1-2H3,(H,22,23,24)/t9-,10+/m1/s1. The van der Waals surface area contributed by atoms with E-state index in [1.165, 1.54) is 10.4 Å². The smallest absolute Gasteiger partial charge is 0.259 e. The number of rotatable bonds is 3. The summed E-state index contributed by atoms with van der Waals surface area (Å²) in [5, 5.41) is 4.82. The minimum atomic E-state index is -0.00197. The molecule has 1 aliphatic rings. The lowest BCUT2D eigenvalue weighted by molar-refractivity contribution is 0.509. The van der Waals surface area contributed by atoms with Crippen LogP contribution >= 0.6 is 34.4 Å². The van der Waals surface area contributed by atoms with Crippen molar-refractivity contribution in [2.75, 3.05) is 0 Å². The minimum Gasteiger partial charge on any atom is -0.309 e. The molecule has 4 aromatic rings. The molecule has 8 heteroatoms. The molecule has 4 aromatic heterocycles. The molecule has 0 aliphatic heterocycles. The van der Waals surface area contributed by atoms with Crippen LogP contribution in [0.25, 0.3) is 20.4 Å². The number of thioether (sulfide) groups is 1. The Morgan fingerprint density at radius 3 is 3.11 bits per heavy atom. The van der Waals surface area contributed by atoms with Crippen LogP contribution < -0.4 is 5.56 Å². The number of aromatic nitrogens is 4. The van der Waals surface area contributed by atoms with Crippen LogP contribution in [0.1, 0.15) is 41.8 Å². The van der Waals surface area contributed by atoms with Crippen LogP contribution in [0.15, 0.2) is 27.6 Å². The molecule has 0 fully saturated rings. The highest BCUT2D eigenvalue weighted by Crippen LogP contribution is 2.39. The van der Waals surface area contributed by atoms with Gasteiger partial charge in [0.15, 0.2) is 0 Å². The Bertz CT molecular complexity index is 1210. The predicted molar refractivity (Wildman–Crippen MR) is 113 cm³/mol. The van der Waals surface area contributed by atoms with Gasteiger partial charge in [-0.2, -0.15) is 0 Å². The maximum absolute atomic E-state index is 12.8. The molecule has 1 N–H and O–H groups in total. The fourth-order valence-electron chi connectivity index (χ4n) is 3.64. The summed E-state index contributed by atoms with van der Waals surface area (Å²) in [6, 6.07) is 2.04. The van der Waals surface area contributed by atoms with Gasteiger partial charge in [0, 0.05) is 10.3 Å². The zero-order valence-corrected chi connectivity index (χ0v) is 17.4. The van der Waals surface area contributed by atoms with Crippen molar-refractivity contribution in [1.82, 2.24) is 19.9 Å². The topological polar surface area (TPSA) is 71.5 Å². The Morgan fingerprint density at radius 2 is 2.22 bits per heavy atom. The average Bonchev–Trinajstić information content (AvgIpc) is 3.25. The number of nitrogens with one attached hydrogen (secondary N) is 1. The number of nitrogens with zero attached hydrogens (tertiary/aromatic N) is 3. The van der Waals surface area contributed by atoms with Crippen LogP contribution in [-0.4, -0.2) is 19.9 Å². The highest BCUT2D eigenvalue weighted by Gasteiger charge is 2.24. The monoisotopic (exact) mass is 414 g/mol. The lowest BCUT2D eigenvalue weighted by atomic mass is 9.89. The van der Waals surface area contributed by atoms with Crippen molar-refractivity contribution in [3.63, 3.8) is 0 Å². The van der Waals surface area contributed by atoms with Gasteiger partial charge in [-0.15, -0.1) is 22.7 Å². The van der Waals surface area contributed by atoms with Crippen LogP contribution in [0.3, 0.4) is 0 Å². The van der Waals surface area contributed by atoms with Gasteiger partial charge in [-0.05, 0) is 49.1 Å². The number of aromatic amines is 1. The predicted octanol–water partition coefficient (Wildman–Crippen LogP) is 4.97. The second-order valence-electron chi connectivity index (χ2n) is 7.06. The van der Waals surface area contributed by atoms with E-state index in [-0.39, 0.29) is 10.8 Å². The molecule has 138 valence electrons. The molecule has 4 heterocycles. The first kappa shape index (κ1) is 17.3. The molecule has 0 radical (unpaired) electrons. The van der Waals surface area contributed by atoms with E-state index in [4.69, 9.17) is 4.98 Å². The van der Waals surface area contributed by atoms with E-state index in [0.29, 0.717) is 11.7 Å². The molecular formula is C19H18N4OS3. The van der Waals surface area contributed by atoms with E-state index in [1.807, 2.05) is 11.4 Å². The molecule has 0 saturated carbocycles. The van der Waals surface area contributed by atoms with Crippen molar-refractivity contribution in [1.29, 1.82) is 0 Å². The molecule has 2 atom stereocenters. The molecular weight excluding hydrogens is 396 g/mol. The van der Waals surface area contributed by atoms with E-state index in [1.54, 1.807) is 40.8 Å². The molecule has 0 amide bonds. The van der Waals surface area contributed by atoms with Crippen molar-refractivity contribution in [2.24, 2.45) is 5.92 Å². The molecule has 0 bridgehead atoms. The molecule has 0 saturated heterocycles. The van der Waals surface area contributed by atoms with Gasteiger partial charge in [0.1, 0.15) is 26.8 Å². The van der Waals surface area contributed by atoms with E-state index in [2.05, 4.69) is 28.8 Å². The number of fused-ring (bicyclic) bond motifs is 4. The highest BCUT2D eigenvalue weighted by atomic mass is 32.2. The molecule has 1 aliphatic carbocycles. The lowest BCUT2D eigenvalue weighted by Gasteiger charge is -2.17. The fraction of sp³-hybridized carbons (Fsp3) is 0.368. The number of hydrogen-bond acceptors (Lipinski definition) is 7.